The largest absolute Gasteiger partial charge is 0.378 e. The van der Waals surface area contributed by atoms with E-state index in [-0.39, 0.29) is 10.6 Å². The Morgan fingerprint density at radius 2 is 2.29 bits per heavy atom. The predicted molar refractivity (Wildman–Crippen MR) is 79.7 cm³/mol. The number of hydrogen-bond acceptors (Lipinski definition) is 5. The van der Waals surface area contributed by atoms with Gasteiger partial charge in [0.05, 0.1) is 35.5 Å². The molecule has 1 aromatic carbocycles. The third-order valence-corrected chi connectivity index (χ3v) is 5.48. The van der Waals surface area contributed by atoms with Crippen LogP contribution in [0.25, 0.3) is 0 Å². The van der Waals surface area contributed by atoms with Gasteiger partial charge in [0, 0.05) is 19.1 Å². The number of morpholine rings is 1. The summed E-state index contributed by atoms with van der Waals surface area (Å²) < 4.78 is 30.2. The summed E-state index contributed by atoms with van der Waals surface area (Å²) in [5, 5.41) is 8.86. The van der Waals surface area contributed by atoms with Gasteiger partial charge in [-0.15, -0.1) is 0 Å². The first-order valence-electron chi connectivity index (χ1n) is 7.11. The number of sulfone groups is 1. The van der Waals surface area contributed by atoms with E-state index in [9.17, 15) is 8.42 Å². The SMILES string of the molecule is CCC1COCCN1CCS(=O)(=O)c1cccc(C#N)c1. The average molecular weight is 308 g/mol. The van der Waals surface area contributed by atoms with Crippen LogP contribution in [0.4, 0.5) is 0 Å². The van der Waals surface area contributed by atoms with Gasteiger partial charge in [0.15, 0.2) is 9.84 Å². The minimum atomic E-state index is -3.36. The molecule has 0 aliphatic carbocycles. The molecule has 0 amide bonds. The monoisotopic (exact) mass is 308 g/mol. The van der Waals surface area contributed by atoms with Crippen molar-refractivity contribution in [1.82, 2.24) is 4.90 Å². The molecule has 1 unspecified atom stereocenters. The van der Waals surface area contributed by atoms with E-state index in [0.29, 0.717) is 31.4 Å². The molecule has 0 aromatic heterocycles. The Morgan fingerprint density at radius 3 is 3.00 bits per heavy atom. The smallest absolute Gasteiger partial charge is 0.179 e. The summed E-state index contributed by atoms with van der Waals surface area (Å²) in [6.45, 7) is 4.67. The quantitative estimate of drug-likeness (QED) is 0.823. The zero-order chi connectivity index (χ0) is 15.3. The van der Waals surface area contributed by atoms with E-state index in [4.69, 9.17) is 10.00 Å². The zero-order valence-corrected chi connectivity index (χ0v) is 13.0. The van der Waals surface area contributed by atoms with Crippen LogP contribution in [-0.4, -0.2) is 51.4 Å². The van der Waals surface area contributed by atoms with E-state index in [1.54, 1.807) is 18.2 Å². The number of nitrogens with zero attached hydrogens (tertiary/aromatic N) is 2. The van der Waals surface area contributed by atoms with Gasteiger partial charge in [0.25, 0.3) is 0 Å². The van der Waals surface area contributed by atoms with Gasteiger partial charge in [-0.2, -0.15) is 5.26 Å². The molecule has 1 saturated heterocycles. The normalized spacial score (nSPS) is 20.1. The molecule has 0 saturated carbocycles. The van der Waals surface area contributed by atoms with Gasteiger partial charge in [-0.3, -0.25) is 4.90 Å². The van der Waals surface area contributed by atoms with Crippen LogP contribution in [0.5, 0.6) is 0 Å². The fraction of sp³-hybridized carbons (Fsp3) is 0.533. The Labute approximate surface area is 126 Å². The minimum Gasteiger partial charge on any atom is -0.378 e. The maximum Gasteiger partial charge on any atom is 0.179 e. The highest BCUT2D eigenvalue weighted by atomic mass is 32.2. The summed E-state index contributed by atoms with van der Waals surface area (Å²) in [4.78, 5) is 2.40. The molecule has 0 bridgehead atoms. The molecule has 1 aliphatic rings. The summed E-state index contributed by atoms with van der Waals surface area (Å²) in [5.74, 6) is 0.0678. The first-order chi connectivity index (χ1) is 10.1. The Balaban J connectivity index is 2.05. The van der Waals surface area contributed by atoms with Crippen molar-refractivity contribution in [3.05, 3.63) is 29.8 Å². The van der Waals surface area contributed by atoms with Crippen LogP contribution in [0.1, 0.15) is 18.9 Å². The van der Waals surface area contributed by atoms with Crippen LogP contribution in [-0.2, 0) is 14.6 Å². The van der Waals surface area contributed by atoms with Gasteiger partial charge < -0.3 is 4.74 Å². The summed E-state index contributed by atoms with van der Waals surface area (Å²) in [7, 11) is -3.36. The molecule has 114 valence electrons. The maximum atomic E-state index is 12.4. The molecular weight excluding hydrogens is 288 g/mol. The standard InChI is InChI=1S/C15H20N2O3S/c1-2-14-12-20-8-6-17(14)7-9-21(18,19)15-5-3-4-13(10-15)11-16/h3-5,10,14H,2,6-9,12H2,1H3. The molecular formula is C15H20N2O3S. The molecule has 1 heterocycles. The summed E-state index contributed by atoms with van der Waals surface area (Å²) in [5.41, 5.74) is 0.369. The molecule has 0 radical (unpaired) electrons. The molecule has 6 heteroatoms. The average Bonchev–Trinajstić information content (AvgIpc) is 2.53. The molecule has 1 aromatic rings. The van der Waals surface area contributed by atoms with Crippen molar-refractivity contribution in [2.75, 3.05) is 32.1 Å². The van der Waals surface area contributed by atoms with E-state index < -0.39 is 9.84 Å². The highest BCUT2D eigenvalue weighted by Gasteiger charge is 2.24. The Hall–Kier alpha value is -1.42. The lowest BCUT2D eigenvalue weighted by molar-refractivity contribution is -0.00550. The molecule has 1 atom stereocenters. The molecule has 1 fully saturated rings. The lowest BCUT2D eigenvalue weighted by atomic mass is 10.2. The van der Waals surface area contributed by atoms with Crippen molar-refractivity contribution < 1.29 is 13.2 Å². The van der Waals surface area contributed by atoms with Gasteiger partial charge in [0.1, 0.15) is 0 Å². The van der Waals surface area contributed by atoms with Crippen LogP contribution in [0.2, 0.25) is 0 Å². The van der Waals surface area contributed by atoms with Crippen molar-refractivity contribution in [3.63, 3.8) is 0 Å². The maximum absolute atomic E-state index is 12.4. The van der Waals surface area contributed by atoms with Crippen LogP contribution >= 0.6 is 0 Å². The number of hydrogen-bond donors (Lipinski definition) is 0. The Morgan fingerprint density at radius 1 is 1.48 bits per heavy atom. The Kier molecular flexibility index (Phi) is 5.34. The van der Waals surface area contributed by atoms with Crippen molar-refractivity contribution in [2.24, 2.45) is 0 Å². The number of rotatable bonds is 5. The first kappa shape index (κ1) is 16.0. The predicted octanol–water partition coefficient (Wildman–Crippen LogP) is 1.44. The second kappa shape index (κ2) is 7.03. The molecule has 0 spiro atoms. The van der Waals surface area contributed by atoms with E-state index in [1.807, 2.05) is 6.07 Å². The molecule has 0 N–H and O–H groups in total. The number of nitriles is 1. The molecule has 2 rings (SSSR count). The van der Waals surface area contributed by atoms with Gasteiger partial charge >= 0.3 is 0 Å². The fourth-order valence-electron chi connectivity index (χ4n) is 2.47. The number of ether oxygens (including phenoxy) is 1. The van der Waals surface area contributed by atoms with Crippen molar-refractivity contribution in [1.29, 1.82) is 5.26 Å². The van der Waals surface area contributed by atoms with Crippen LogP contribution in [0, 0.1) is 11.3 Å². The third kappa shape index (κ3) is 4.03. The van der Waals surface area contributed by atoms with Crippen LogP contribution in [0.3, 0.4) is 0 Å². The van der Waals surface area contributed by atoms with Crippen molar-refractivity contribution in [2.45, 2.75) is 24.3 Å². The lowest BCUT2D eigenvalue weighted by Crippen LogP contribution is -2.46. The summed E-state index contributed by atoms with van der Waals surface area (Å²) >= 11 is 0. The second-order valence-corrected chi connectivity index (χ2v) is 7.24. The van der Waals surface area contributed by atoms with E-state index in [1.165, 1.54) is 6.07 Å². The summed E-state index contributed by atoms with van der Waals surface area (Å²) in [6.07, 6.45) is 0.948. The molecule has 5 nitrogen and oxygen atoms in total. The fourth-order valence-corrected chi connectivity index (χ4v) is 3.78. The van der Waals surface area contributed by atoms with Crippen LogP contribution in [0.15, 0.2) is 29.2 Å². The Bertz CT molecular complexity index is 622. The first-order valence-corrected chi connectivity index (χ1v) is 8.76. The van der Waals surface area contributed by atoms with Gasteiger partial charge in [-0.1, -0.05) is 13.0 Å². The molecule has 21 heavy (non-hydrogen) atoms. The highest BCUT2D eigenvalue weighted by molar-refractivity contribution is 7.91. The van der Waals surface area contributed by atoms with Gasteiger partial charge in [-0.05, 0) is 24.6 Å². The van der Waals surface area contributed by atoms with E-state index >= 15 is 0 Å². The second-order valence-electron chi connectivity index (χ2n) is 5.13. The van der Waals surface area contributed by atoms with Gasteiger partial charge in [0.2, 0.25) is 0 Å². The van der Waals surface area contributed by atoms with Crippen molar-refractivity contribution in [3.8, 4) is 6.07 Å². The molecule has 1 aliphatic heterocycles. The highest BCUT2D eigenvalue weighted by Crippen LogP contribution is 2.15. The third-order valence-electron chi connectivity index (χ3n) is 3.79. The van der Waals surface area contributed by atoms with E-state index in [2.05, 4.69) is 11.8 Å². The van der Waals surface area contributed by atoms with Gasteiger partial charge in [-0.25, -0.2) is 8.42 Å². The number of benzene rings is 1. The van der Waals surface area contributed by atoms with Crippen LogP contribution < -0.4 is 0 Å². The van der Waals surface area contributed by atoms with Crippen molar-refractivity contribution >= 4 is 9.84 Å². The topological polar surface area (TPSA) is 70.4 Å². The summed E-state index contributed by atoms with van der Waals surface area (Å²) in [6, 6.07) is 8.46. The minimum absolute atomic E-state index is 0.0678. The van der Waals surface area contributed by atoms with E-state index in [0.717, 1.165) is 13.0 Å². The lowest BCUT2D eigenvalue weighted by Gasteiger charge is -2.34. The zero-order valence-electron chi connectivity index (χ0n) is 12.2.